The minimum atomic E-state index is -3.19. The number of fused-ring (bicyclic) bond motifs is 2. The predicted octanol–water partition coefficient (Wildman–Crippen LogP) is 5.17. The number of halogens is 1. The summed E-state index contributed by atoms with van der Waals surface area (Å²) in [5.41, 5.74) is 6.89. The fourth-order valence-electron chi connectivity index (χ4n) is 4.76. The smallest absolute Gasteiger partial charge is 0.181 e. The third kappa shape index (κ3) is 5.64. The van der Waals surface area contributed by atoms with Crippen LogP contribution in [0, 0.1) is 5.82 Å². The molecule has 0 saturated carbocycles. The summed E-state index contributed by atoms with van der Waals surface area (Å²) in [4.78, 5) is 21.4. The van der Waals surface area contributed by atoms with Crippen molar-refractivity contribution >= 4 is 37.6 Å². The first-order valence-corrected chi connectivity index (χ1v) is 15.1. The summed E-state index contributed by atoms with van der Waals surface area (Å²) in [5, 5.41) is 11.5. The Kier molecular flexibility index (Phi) is 6.70. The van der Waals surface area contributed by atoms with Gasteiger partial charge in [0.2, 0.25) is 0 Å². The van der Waals surface area contributed by atoms with Gasteiger partial charge < -0.3 is 10.3 Å². The van der Waals surface area contributed by atoms with E-state index in [0.29, 0.717) is 44.9 Å². The van der Waals surface area contributed by atoms with Crippen LogP contribution in [0.1, 0.15) is 19.4 Å². The zero-order valence-corrected chi connectivity index (χ0v) is 23.4. The van der Waals surface area contributed by atoms with Crippen LogP contribution >= 0.6 is 0 Å². The molecule has 0 unspecified atom stereocenters. The number of anilines is 1. The average Bonchev–Trinajstić information content (AvgIpc) is 3.54. The van der Waals surface area contributed by atoms with Crippen LogP contribution in [0.2, 0.25) is 0 Å². The summed E-state index contributed by atoms with van der Waals surface area (Å²) in [6.45, 7) is 4.14. The van der Waals surface area contributed by atoms with Gasteiger partial charge in [-0.2, -0.15) is 5.10 Å². The number of pyridine rings is 3. The summed E-state index contributed by atoms with van der Waals surface area (Å²) in [7, 11) is -3.19. The minimum Gasteiger partial charge on any atom is -0.382 e. The lowest BCUT2D eigenvalue weighted by molar-refractivity contribution is 0.600. The molecule has 0 bridgehead atoms. The molecule has 12 heteroatoms. The van der Waals surface area contributed by atoms with E-state index in [4.69, 9.17) is 4.98 Å². The van der Waals surface area contributed by atoms with Crippen molar-refractivity contribution in [3.05, 3.63) is 72.7 Å². The van der Waals surface area contributed by atoms with Crippen LogP contribution in [-0.2, 0) is 16.3 Å². The highest BCUT2D eigenvalue weighted by atomic mass is 32.2. The monoisotopic (exact) mass is 570 g/mol. The van der Waals surface area contributed by atoms with Gasteiger partial charge >= 0.3 is 0 Å². The number of sulfone groups is 1. The zero-order valence-electron chi connectivity index (χ0n) is 22.6. The van der Waals surface area contributed by atoms with Gasteiger partial charge in [-0.3, -0.25) is 15.1 Å². The Balaban J connectivity index is 1.40. The van der Waals surface area contributed by atoms with Crippen molar-refractivity contribution in [3.63, 3.8) is 0 Å². The first kappa shape index (κ1) is 26.5. The highest BCUT2D eigenvalue weighted by Gasteiger charge is 2.17. The molecule has 0 fully saturated rings. The summed E-state index contributed by atoms with van der Waals surface area (Å²) in [6, 6.07) is 8.81. The van der Waals surface area contributed by atoms with Crippen molar-refractivity contribution in [1.82, 2.24) is 35.1 Å². The van der Waals surface area contributed by atoms with E-state index in [1.165, 1.54) is 18.4 Å². The molecular weight excluding hydrogens is 543 g/mol. The first-order chi connectivity index (χ1) is 19.6. The molecule has 5 aromatic heterocycles. The van der Waals surface area contributed by atoms with Gasteiger partial charge in [-0.05, 0) is 55.7 Å². The number of H-pyrrole nitrogens is 2. The Morgan fingerprint density at radius 3 is 2.56 bits per heavy atom. The maximum Gasteiger partial charge on any atom is 0.181 e. The topological polar surface area (TPSA) is 142 Å². The molecule has 0 spiro atoms. The standard InChI is InChI=1S/C29H27FN8O2S/c1-16(2)34-22-9-19(11-31-13-22)20-10-23-27(37-38-28(23)33-12-20)29-35-25-15-32-14-24(26(25)36-29)18-6-17(7-21(30)8-18)4-5-41(3,39)40/h6-16,34H,4-5H2,1-3H3,(H,35,36)(H,33,37,38). The number of aromatic nitrogens is 7. The van der Waals surface area contributed by atoms with Crippen molar-refractivity contribution in [1.29, 1.82) is 0 Å². The highest BCUT2D eigenvalue weighted by Crippen LogP contribution is 2.33. The number of imidazole rings is 1. The lowest BCUT2D eigenvalue weighted by atomic mass is 10.0. The van der Waals surface area contributed by atoms with Crippen LogP contribution in [0.3, 0.4) is 0 Å². The maximum atomic E-state index is 14.6. The minimum absolute atomic E-state index is 0.0671. The number of aryl methyl sites for hydroxylation is 1. The molecule has 6 rings (SSSR count). The summed E-state index contributed by atoms with van der Waals surface area (Å²) in [6.07, 6.45) is 9.98. The molecule has 3 N–H and O–H groups in total. The largest absolute Gasteiger partial charge is 0.382 e. The number of benzene rings is 1. The van der Waals surface area contributed by atoms with E-state index in [9.17, 15) is 12.8 Å². The lowest BCUT2D eigenvalue weighted by Crippen LogP contribution is -2.09. The number of aromatic amines is 2. The van der Waals surface area contributed by atoms with Gasteiger partial charge in [-0.15, -0.1) is 0 Å². The Morgan fingerprint density at radius 1 is 0.951 bits per heavy atom. The molecule has 1 aromatic carbocycles. The van der Waals surface area contributed by atoms with Gasteiger partial charge in [0.05, 0.1) is 34.1 Å². The number of hydrogen-bond donors (Lipinski definition) is 3. The fourth-order valence-corrected chi connectivity index (χ4v) is 5.37. The van der Waals surface area contributed by atoms with Gasteiger partial charge in [0, 0.05) is 53.8 Å². The van der Waals surface area contributed by atoms with Crippen LogP contribution in [0.4, 0.5) is 10.1 Å². The van der Waals surface area contributed by atoms with E-state index in [2.05, 4.69) is 49.3 Å². The van der Waals surface area contributed by atoms with E-state index >= 15 is 0 Å². The SMILES string of the molecule is CC(C)Nc1cncc(-c2cnc3n[nH]c(-c4nc5c(-c6cc(F)cc(CCS(C)(=O)=O)c6)cncc5[nH]4)c3c2)c1. The molecule has 0 amide bonds. The molecule has 10 nitrogen and oxygen atoms in total. The average molecular weight is 571 g/mol. The van der Waals surface area contributed by atoms with Crippen LogP contribution in [0.5, 0.6) is 0 Å². The number of nitrogens with zero attached hydrogens (tertiary/aromatic N) is 5. The Bertz CT molecular complexity index is 2020. The number of hydrogen-bond acceptors (Lipinski definition) is 8. The molecule has 0 aliphatic rings. The molecule has 0 radical (unpaired) electrons. The maximum absolute atomic E-state index is 14.6. The van der Waals surface area contributed by atoms with Crippen LogP contribution in [0.25, 0.3) is 55.8 Å². The number of rotatable bonds is 8. The van der Waals surface area contributed by atoms with Crippen LogP contribution < -0.4 is 5.32 Å². The van der Waals surface area contributed by atoms with E-state index in [-0.39, 0.29) is 18.2 Å². The second-order valence-electron chi connectivity index (χ2n) is 10.4. The van der Waals surface area contributed by atoms with Gasteiger partial charge in [0.1, 0.15) is 21.3 Å². The third-order valence-electron chi connectivity index (χ3n) is 6.60. The van der Waals surface area contributed by atoms with E-state index < -0.39 is 15.7 Å². The molecule has 0 aliphatic carbocycles. The van der Waals surface area contributed by atoms with Crippen molar-refractivity contribution in [2.24, 2.45) is 0 Å². The Hall–Kier alpha value is -4.71. The first-order valence-electron chi connectivity index (χ1n) is 13.0. The molecule has 208 valence electrons. The van der Waals surface area contributed by atoms with Gasteiger partial charge in [0.25, 0.3) is 0 Å². The Morgan fingerprint density at radius 2 is 1.76 bits per heavy atom. The molecule has 0 saturated heterocycles. The van der Waals surface area contributed by atoms with Crippen LogP contribution in [0.15, 0.2) is 61.3 Å². The molecule has 0 aliphatic heterocycles. The van der Waals surface area contributed by atoms with Gasteiger partial charge in [-0.1, -0.05) is 6.07 Å². The van der Waals surface area contributed by atoms with Gasteiger partial charge in [0.15, 0.2) is 11.5 Å². The molecule has 41 heavy (non-hydrogen) atoms. The van der Waals surface area contributed by atoms with E-state index in [1.807, 2.05) is 12.1 Å². The quantitative estimate of drug-likeness (QED) is 0.227. The Labute approximate surface area is 235 Å². The fraction of sp³-hybridized carbons (Fsp3) is 0.207. The zero-order chi connectivity index (χ0) is 28.7. The summed E-state index contributed by atoms with van der Waals surface area (Å²) in [5.74, 6) is -0.000536. The predicted molar refractivity (Wildman–Crippen MR) is 158 cm³/mol. The second-order valence-corrected chi connectivity index (χ2v) is 12.6. The van der Waals surface area contributed by atoms with Crippen molar-refractivity contribution in [2.75, 3.05) is 17.3 Å². The van der Waals surface area contributed by atoms with Crippen molar-refractivity contribution in [2.45, 2.75) is 26.3 Å². The van der Waals surface area contributed by atoms with Crippen molar-refractivity contribution in [3.8, 4) is 33.8 Å². The molecular formula is C29H27FN8O2S. The normalized spacial score (nSPS) is 12.0. The van der Waals surface area contributed by atoms with E-state index in [1.54, 1.807) is 37.1 Å². The summed E-state index contributed by atoms with van der Waals surface area (Å²) < 4.78 is 37.9. The number of nitrogens with one attached hydrogen (secondary N) is 3. The molecule has 6 aromatic rings. The summed E-state index contributed by atoms with van der Waals surface area (Å²) >= 11 is 0. The van der Waals surface area contributed by atoms with Gasteiger partial charge in [-0.25, -0.2) is 22.8 Å². The third-order valence-corrected chi connectivity index (χ3v) is 7.54. The second kappa shape index (κ2) is 10.4. The van der Waals surface area contributed by atoms with E-state index in [0.717, 1.165) is 22.2 Å². The van der Waals surface area contributed by atoms with Crippen LogP contribution in [-0.4, -0.2) is 61.6 Å². The van der Waals surface area contributed by atoms with Crippen molar-refractivity contribution < 1.29 is 12.8 Å². The molecule has 0 atom stereocenters. The lowest BCUT2D eigenvalue weighted by Gasteiger charge is -2.10. The highest BCUT2D eigenvalue weighted by molar-refractivity contribution is 7.90. The molecule has 5 heterocycles.